The van der Waals surface area contributed by atoms with Crippen molar-refractivity contribution in [2.24, 2.45) is 5.92 Å². The Hall–Kier alpha value is -2.24. The normalized spacial score (nSPS) is 11.8. The first-order valence-corrected chi connectivity index (χ1v) is 9.93. The number of hydrogen-bond donors (Lipinski definition) is 2. The molecule has 0 radical (unpaired) electrons. The number of amides is 2. The number of carbonyl (C=O) groups is 2. The van der Waals surface area contributed by atoms with Gasteiger partial charge in [-0.15, -0.1) is 0 Å². The maximum absolute atomic E-state index is 12.5. The van der Waals surface area contributed by atoms with Crippen LogP contribution in [0.1, 0.15) is 33.6 Å². The number of halogens is 2. The third-order valence-electron chi connectivity index (χ3n) is 4.30. The van der Waals surface area contributed by atoms with Gasteiger partial charge in [-0.2, -0.15) is 0 Å². The summed E-state index contributed by atoms with van der Waals surface area (Å²) in [6, 6.07) is 11.8. The summed E-state index contributed by atoms with van der Waals surface area (Å²) < 4.78 is 5.80. The molecule has 1 unspecified atom stereocenters. The minimum Gasteiger partial charge on any atom is -0.479 e. The van der Waals surface area contributed by atoms with Gasteiger partial charge in [0.1, 0.15) is 5.75 Å². The van der Waals surface area contributed by atoms with Crippen LogP contribution in [0.5, 0.6) is 5.75 Å². The number of benzene rings is 2. The van der Waals surface area contributed by atoms with Gasteiger partial charge in [-0.05, 0) is 50.1 Å². The first-order valence-electron chi connectivity index (χ1n) is 9.17. The van der Waals surface area contributed by atoms with Gasteiger partial charge in [-0.25, -0.2) is 0 Å². The number of anilines is 2. The number of rotatable bonds is 8. The Balaban J connectivity index is 2.08. The zero-order valence-electron chi connectivity index (χ0n) is 16.1. The van der Waals surface area contributed by atoms with Crippen LogP contribution in [0.15, 0.2) is 42.5 Å². The van der Waals surface area contributed by atoms with Crippen molar-refractivity contribution >= 4 is 46.4 Å². The fourth-order valence-electron chi connectivity index (χ4n) is 2.68. The van der Waals surface area contributed by atoms with Crippen molar-refractivity contribution in [2.45, 2.75) is 39.7 Å². The Labute approximate surface area is 175 Å². The summed E-state index contributed by atoms with van der Waals surface area (Å²) in [7, 11) is 0. The molecule has 0 aliphatic rings. The first-order chi connectivity index (χ1) is 13.3. The lowest BCUT2D eigenvalue weighted by Gasteiger charge is -2.19. The van der Waals surface area contributed by atoms with E-state index >= 15 is 0 Å². The maximum Gasteiger partial charge on any atom is 0.265 e. The number of hydrogen-bond acceptors (Lipinski definition) is 3. The third kappa shape index (κ3) is 6.14. The van der Waals surface area contributed by atoms with Crippen LogP contribution in [0.4, 0.5) is 11.4 Å². The van der Waals surface area contributed by atoms with E-state index in [0.29, 0.717) is 27.2 Å². The lowest BCUT2D eigenvalue weighted by atomic mass is 10.0. The van der Waals surface area contributed by atoms with Crippen molar-refractivity contribution < 1.29 is 14.3 Å². The van der Waals surface area contributed by atoms with Gasteiger partial charge in [-0.3, -0.25) is 9.59 Å². The standard InChI is InChI=1S/C21H24Cl2N2O3/c1-4-14(5-2)21(27)25-18-8-6-7-9-19(18)28-13(3)20(26)24-17-11-15(22)10-16(23)12-17/h6-14H,4-5H2,1-3H3,(H,24,26)(H,25,27). The first kappa shape index (κ1) is 22.1. The van der Waals surface area contributed by atoms with Gasteiger partial charge in [0.25, 0.3) is 5.91 Å². The van der Waals surface area contributed by atoms with Gasteiger partial charge >= 0.3 is 0 Å². The van der Waals surface area contributed by atoms with E-state index in [4.69, 9.17) is 27.9 Å². The van der Waals surface area contributed by atoms with E-state index in [9.17, 15) is 9.59 Å². The lowest BCUT2D eigenvalue weighted by Crippen LogP contribution is -2.30. The second kappa shape index (κ2) is 10.3. The quantitative estimate of drug-likeness (QED) is 0.566. The molecule has 0 aliphatic carbocycles. The van der Waals surface area contributed by atoms with Gasteiger partial charge in [-0.1, -0.05) is 49.2 Å². The summed E-state index contributed by atoms with van der Waals surface area (Å²) in [5.74, 6) is -0.0684. The maximum atomic E-state index is 12.5. The second-order valence-electron chi connectivity index (χ2n) is 6.41. The molecule has 2 amide bonds. The lowest BCUT2D eigenvalue weighted by molar-refractivity contribution is -0.122. The Kier molecular flexibility index (Phi) is 8.15. The minimum absolute atomic E-state index is 0.0632. The highest BCUT2D eigenvalue weighted by atomic mass is 35.5. The Morgan fingerprint density at radius 2 is 1.57 bits per heavy atom. The molecule has 28 heavy (non-hydrogen) atoms. The molecule has 0 aliphatic heterocycles. The molecule has 0 saturated heterocycles. The molecular formula is C21H24Cl2N2O3. The molecule has 0 heterocycles. The van der Waals surface area contributed by atoms with E-state index < -0.39 is 6.10 Å². The van der Waals surface area contributed by atoms with Gasteiger partial charge in [0.05, 0.1) is 5.69 Å². The molecule has 1 atom stereocenters. The van der Waals surface area contributed by atoms with Crippen molar-refractivity contribution in [1.29, 1.82) is 0 Å². The van der Waals surface area contributed by atoms with Crippen LogP contribution in [-0.2, 0) is 9.59 Å². The Morgan fingerprint density at radius 1 is 0.964 bits per heavy atom. The predicted octanol–water partition coefficient (Wildman–Crippen LogP) is 5.77. The molecule has 2 rings (SSSR count). The smallest absolute Gasteiger partial charge is 0.265 e. The largest absolute Gasteiger partial charge is 0.479 e. The van der Waals surface area contributed by atoms with E-state index in [1.54, 1.807) is 49.4 Å². The molecule has 2 aromatic carbocycles. The Morgan fingerprint density at radius 3 is 2.18 bits per heavy atom. The molecule has 0 bridgehead atoms. The van der Waals surface area contributed by atoms with Crippen LogP contribution >= 0.6 is 23.2 Å². The molecule has 0 fully saturated rings. The third-order valence-corrected chi connectivity index (χ3v) is 4.74. The summed E-state index contributed by atoms with van der Waals surface area (Å²) in [6.07, 6.45) is 0.711. The van der Waals surface area contributed by atoms with Gasteiger partial charge in [0, 0.05) is 21.7 Å². The molecule has 7 heteroatoms. The van der Waals surface area contributed by atoms with E-state index in [2.05, 4.69) is 10.6 Å². The monoisotopic (exact) mass is 422 g/mol. The predicted molar refractivity (Wildman–Crippen MR) is 114 cm³/mol. The Bertz CT molecular complexity index is 818. The molecule has 0 aromatic heterocycles. The summed E-state index contributed by atoms with van der Waals surface area (Å²) in [5.41, 5.74) is 1.01. The van der Waals surface area contributed by atoms with Crippen LogP contribution in [0.3, 0.4) is 0 Å². The molecule has 150 valence electrons. The summed E-state index contributed by atoms with van der Waals surface area (Å²) >= 11 is 11.9. The highest BCUT2D eigenvalue weighted by Crippen LogP contribution is 2.27. The summed E-state index contributed by atoms with van der Waals surface area (Å²) in [4.78, 5) is 24.8. The van der Waals surface area contributed by atoms with Crippen LogP contribution in [0.25, 0.3) is 0 Å². The molecule has 2 N–H and O–H groups in total. The average Bonchev–Trinajstić information content (AvgIpc) is 2.63. The van der Waals surface area contributed by atoms with E-state index in [0.717, 1.165) is 12.8 Å². The topological polar surface area (TPSA) is 67.4 Å². The molecule has 0 saturated carbocycles. The average molecular weight is 423 g/mol. The fraction of sp³-hybridized carbons (Fsp3) is 0.333. The van der Waals surface area contributed by atoms with Crippen molar-refractivity contribution in [3.05, 3.63) is 52.5 Å². The minimum atomic E-state index is -0.802. The zero-order valence-corrected chi connectivity index (χ0v) is 17.6. The van der Waals surface area contributed by atoms with Gasteiger partial charge in [0.2, 0.25) is 5.91 Å². The van der Waals surface area contributed by atoms with E-state index in [-0.39, 0.29) is 17.7 Å². The number of nitrogens with one attached hydrogen (secondary N) is 2. The summed E-state index contributed by atoms with van der Waals surface area (Å²) in [6.45, 7) is 5.58. The molecule has 5 nitrogen and oxygen atoms in total. The summed E-state index contributed by atoms with van der Waals surface area (Å²) in [5, 5.41) is 6.46. The van der Waals surface area contributed by atoms with Crippen molar-refractivity contribution in [3.8, 4) is 5.75 Å². The number of carbonyl (C=O) groups excluding carboxylic acids is 2. The van der Waals surface area contributed by atoms with Crippen LogP contribution in [0.2, 0.25) is 10.0 Å². The number of ether oxygens (including phenoxy) is 1. The van der Waals surface area contributed by atoms with Gasteiger partial charge < -0.3 is 15.4 Å². The van der Waals surface area contributed by atoms with E-state index in [1.165, 1.54) is 0 Å². The second-order valence-corrected chi connectivity index (χ2v) is 7.28. The van der Waals surface area contributed by atoms with Crippen LogP contribution in [-0.4, -0.2) is 17.9 Å². The SMILES string of the molecule is CCC(CC)C(=O)Nc1ccccc1OC(C)C(=O)Nc1cc(Cl)cc(Cl)c1. The van der Waals surface area contributed by atoms with Crippen LogP contribution < -0.4 is 15.4 Å². The highest BCUT2D eigenvalue weighted by molar-refractivity contribution is 6.35. The van der Waals surface area contributed by atoms with Crippen molar-refractivity contribution in [3.63, 3.8) is 0 Å². The molecule has 2 aromatic rings. The fourth-order valence-corrected chi connectivity index (χ4v) is 3.21. The zero-order chi connectivity index (χ0) is 20.7. The van der Waals surface area contributed by atoms with E-state index in [1.807, 2.05) is 13.8 Å². The van der Waals surface area contributed by atoms with Crippen LogP contribution in [0, 0.1) is 5.92 Å². The highest BCUT2D eigenvalue weighted by Gasteiger charge is 2.19. The molecule has 0 spiro atoms. The van der Waals surface area contributed by atoms with Crippen molar-refractivity contribution in [1.82, 2.24) is 0 Å². The number of para-hydroxylation sites is 2. The molecular weight excluding hydrogens is 399 g/mol. The van der Waals surface area contributed by atoms with Crippen molar-refractivity contribution in [2.75, 3.05) is 10.6 Å². The van der Waals surface area contributed by atoms with Gasteiger partial charge in [0.15, 0.2) is 6.10 Å².